The fourth-order valence-corrected chi connectivity index (χ4v) is 4.07. The summed E-state index contributed by atoms with van der Waals surface area (Å²) in [4.78, 5) is 36.0. The van der Waals surface area contributed by atoms with Crippen molar-refractivity contribution in [2.24, 2.45) is 0 Å². The lowest BCUT2D eigenvalue weighted by molar-refractivity contribution is 0.340. The van der Waals surface area contributed by atoms with E-state index in [-0.39, 0.29) is 12.2 Å². The number of aryl methyl sites for hydroxylation is 1. The van der Waals surface area contributed by atoms with Gasteiger partial charge in [0.05, 0.1) is 31.3 Å². The maximum atomic E-state index is 13.7. The first-order valence-electron chi connectivity index (χ1n) is 11.4. The van der Waals surface area contributed by atoms with Crippen molar-refractivity contribution in [3.05, 3.63) is 99.2 Å². The molecule has 0 N–H and O–H groups in total. The molecule has 0 radical (unpaired) electrons. The summed E-state index contributed by atoms with van der Waals surface area (Å²) in [6.45, 7) is 4.19. The second-order valence-electron chi connectivity index (χ2n) is 8.03. The summed E-state index contributed by atoms with van der Waals surface area (Å²) in [5.41, 5.74) is 0.955. The van der Waals surface area contributed by atoms with E-state index in [9.17, 15) is 9.59 Å². The summed E-state index contributed by atoms with van der Waals surface area (Å²) >= 11 is 0. The molecule has 5 aromatic rings. The van der Waals surface area contributed by atoms with Crippen LogP contribution in [0.4, 0.5) is 0 Å². The normalized spacial score (nSPS) is 11.1. The molecule has 0 saturated carbocycles. The van der Waals surface area contributed by atoms with Gasteiger partial charge in [-0.1, -0.05) is 12.1 Å². The van der Waals surface area contributed by atoms with Gasteiger partial charge < -0.3 is 13.9 Å². The first-order chi connectivity index (χ1) is 17.5. The maximum absolute atomic E-state index is 13.7. The summed E-state index contributed by atoms with van der Waals surface area (Å²) in [5, 5.41) is 0.302. The van der Waals surface area contributed by atoms with Crippen LogP contribution in [0.5, 0.6) is 11.5 Å². The van der Waals surface area contributed by atoms with Crippen LogP contribution < -0.4 is 20.7 Å². The Morgan fingerprint density at radius 3 is 2.53 bits per heavy atom. The standard InChI is InChI=1S/C27H24N4O5/c1-4-35-19-13-11-18(12-14-19)25-29-21(17(2)36-25)16-30-26(32)20-8-7-15-28-24(20)31(27(30)33)22-9-5-6-10-23(22)34-3/h5-15H,4,16H2,1-3H3. The zero-order valence-corrected chi connectivity index (χ0v) is 20.1. The Hall–Kier alpha value is -4.66. The van der Waals surface area contributed by atoms with E-state index in [4.69, 9.17) is 13.9 Å². The Morgan fingerprint density at radius 1 is 1.00 bits per heavy atom. The molecule has 0 fully saturated rings. The van der Waals surface area contributed by atoms with Crippen molar-refractivity contribution in [3.8, 4) is 28.6 Å². The van der Waals surface area contributed by atoms with Crippen molar-refractivity contribution in [3.63, 3.8) is 0 Å². The number of aromatic nitrogens is 4. The van der Waals surface area contributed by atoms with E-state index >= 15 is 0 Å². The molecule has 0 unspecified atom stereocenters. The number of para-hydroxylation sites is 2. The summed E-state index contributed by atoms with van der Waals surface area (Å²) in [7, 11) is 1.52. The molecule has 0 aliphatic heterocycles. The lowest BCUT2D eigenvalue weighted by Crippen LogP contribution is -2.40. The average molecular weight is 485 g/mol. The molecule has 0 atom stereocenters. The van der Waals surface area contributed by atoms with Crippen LogP contribution in [-0.2, 0) is 6.54 Å². The number of fused-ring (bicyclic) bond motifs is 1. The second kappa shape index (κ2) is 9.53. The quantitative estimate of drug-likeness (QED) is 0.345. The summed E-state index contributed by atoms with van der Waals surface area (Å²) < 4.78 is 19.4. The zero-order valence-electron chi connectivity index (χ0n) is 20.1. The summed E-state index contributed by atoms with van der Waals surface area (Å²) in [6, 6.07) is 17.8. The van der Waals surface area contributed by atoms with Crippen molar-refractivity contribution in [1.29, 1.82) is 0 Å². The molecule has 3 heterocycles. The topological polar surface area (TPSA) is 101 Å². The SMILES string of the molecule is CCOc1ccc(-c2nc(Cn3c(=O)c4cccnc4n(-c4ccccc4OC)c3=O)c(C)o2)cc1. The molecule has 9 nitrogen and oxygen atoms in total. The van der Waals surface area contributed by atoms with E-state index in [0.717, 1.165) is 15.9 Å². The largest absolute Gasteiger partial charge is 0.495 e. The van der Waals surface area contributed by atoms with Crippen LogP contribution >= 0.6 is 0 Å². The highest BCUT2D eigenvalue weighted by Gasteiger charge is 2.20. The first kappa shape index (κ1) is 23.1. The third-order valence-electron chi connectivity index (χ3n) is 5.84. The molecular weight excluding hydrogens is 460 g/mol. The molecule has 3 aromatic heterocycles. The van der Waals surface area contributed by atoms with Crippen LogP contribution in [0.1, 0.15) is 18.4 Å². The number of hydrogen-bond donors (Lipinski definition) is 0. The van der Waals surface area contributed by atoms with Gasteiger partial charge in [-0.05, 0) is 62.4 Å². The van der Waals surface area contributed by atoms with E-state index in [2.05, 4.69) is 9.97 Å². The van der Waals surface area contributed by atoms with Gasteiger partial charge in [-0.2, -0.15) is 0 Å². The van der Waals surface area contributed by atoms with E-state index in [1.807, 2.05) is 31.2 Å². The molecular formula is C27H24N4O5. The smallest absolute Gasteiger partial charge is 0.337 e. The number of benzene rings is 2. The van der Waals surface area contributed by atoms with Crippen molar-refractivity contribution >= 4 is 11.0 Å². The Morgan fingerprint density at radius 2 is 1.78 bits per heavy atom. The molecule has 5 rings (SSSR count). The number of oxazole rings is 1. The third-order valence-corrected chi connectivity index (χ3v) is 5.84. The molecule has 0 amide bonds. The predicted octanol–water partition coefficient (Wildman–Crippen LogP) is 3.97. The highest BCUT2D eigenvalue weighted by atomic mass is 16.5. The molecule has 0 spiro atoms. The van der Waals surface area contributed by atoms with Crippen molar-refractivity contribution in [2.75, 3.05) is 13.7 Å². The molecule has 182 valence electrons. The fourth-order valence-electron chi connectivity index (χ4n) is 4.07. The minimum absolute atomic E-state index is 0.0655. The molecule has 9 heteroatoms. The molecule has 0 aliphatic rings. The Kier molecular flexibility index (Phi) is 6.12. The Labute approximate surface area is 206 Å². The van der Waals surface area contributed by atoms with E-state index in [1.165, 1.54) is 11.7 Å². The van der Waals surface area contributed by atoms with Crippen molar-refractivity contribution in [1.82, 2.24) is 19.1 Å². The highest BCUT2D eigenvalue weighted by Crippen LogP contribution is 2.25. The van der Waals surface area contributed by atoms with Gasteiger partial charge in [0.1, 0.15) is 23.0 Å². The fraction of sp³-hybridized carbons (Fsp3) is 0.185. The average Bonchev–Trinajstić information content (AvgIpc) is 3.27. The van der Waals surface area contributed by atoms with E-state index in [1.54, 1.807) is 49.5 Å². The number of methoxy groups -OCH3 is 1. The zero-order chi connectivity index (χ0) is 25.2. The molecule has 0 saturated heterocycles. The number of rotatable bonds is 7. The van der Waals surface area contributed by atoms with Crippen LogP contribution in [0.2, 0.25) is 0 Å². The van der Waals surface area contributed by atoms with Crippen LogP contribution in [-0.4, -0.2) is 32.8 Å². The Bertz CT molecular complexity index is 1660. The van der Waals surface area contributed by atoms with Gasteiger partial charge in [0, 0.05) is 11.8 Å². The van der Waals surface area contributed by atoms with Gasteiger partial charge in [-0.15, -0.1) is 0 Å². The van der Waals surface area contributed by atoms with Crippen LogP contribution in [0.25, 0.3) is 28.2 Å². The third kappa shape index (κ3) is 4.04. The molecule has 0 aliphatic carbocycles. The number of nitrogens with zero attached hydrogens (tertiary/aromatic N) is 4. The monoisotopic (exact) mass is 484 g/mol. The lowest BCUT2D eigenvalue weighted by atomic mass is 10.2. The molecule has 36 heavy (non-hydrogen) atoms. The molecule has 2 aromatic carbocycles. The van der Waals surface area contributed by atoms with Crippen molar-refractivity contribution in [2.45, 2.75) is 20.4 Å². The number of pyridine rings is 1. The van der Waals surface area contributed by atoms with Gasteiger partial charge in [0.2, 0.25) is 5.89 Å². The van der Waals surface area contributed by atoms with Crippen LogP contribution in [0.3, 0.4) is 0 Å². The maximum Gasteiger partial charge on any atom is 0.337 e. The minimum atomic E-state index is -0.555. The van der Waals surface area contributed by atoms with Crippen molar-refractivity contribution < 1.29 is 13.9 Å². The first-order valence-corrected chi connectivity index (χ1v) is 11.4. The summed E-state index contributed by atoms with van der Waals surface area (Å²) in [6.07, 6.45) is 1.54. The van der Waals surface area contributed by atoms with Gasteiger partial charge in [0.15, 0.2) is 5.65 Å². The molecule has 0 bridgehead atoms. The number of ether oxygens (including phenoxy) is 2. The lowest BCUT2D eigenvalue weighted by Gasteiger charge is -2.15. The summed E-state index contributed by atoms with van der Waals surface area (Å²) in [5.74, 6) is 2.14. The predicted molar refractivity (Wildman–Crippen MR) is 135 cm³/mol. The minimum Gasteiger partial charge on any atom is -0.495 e. The Balaban J connectivity index is 1.63. The van der Waals surface area contributed by atoms with Gasteiger partial charge >= 0.3 is 5.69 Å². The van der Waals surface area contributed by atoms with E-state index in [0.29, 0.717) is 40.8 Å². The van der Waals surface area contributed by atoms with Gasteiger partial charge in [0.25, 0.3) is 5.56 Å². The highest BCUT2D eigenvalue weighted by molar-refractivity contribution is 5.76. The van der Waals surface area contributed by atoms with E-state index < -0.39 is 11.2 Å². The van der Waals surface area contributed by atoms with Crippen LogP contribution in [0, 0.1) is 6.92 Å². The van der Waals surface area contributed by atoms with Gasteiger partial charge in [-0.3, -0.25) is 9.36 Å². The van der Waals surface area contributed by atoms with Gasteiger partial charge in [-0.25, -0.2) is 19.3 Å². The second-order valence-corrected chi connectivity index (χ2v) is 8.03. The van der Waals surface area contributed by atoms with Crippen LogP contribution in [0.15, 0.2) is 80.9 Å². The number of hydrogen-bond acceptors (Lipinski definition) is 7.